The van der Waals surface area contributed by atoms with Crippen LogP contribution in [0, 0.1) is 18.8 Å². The molecule has 0 fully saturated rings. The van der Waals surface area contributed by atoms with Crippen LogP contribution in [0.3, 0.4) is 0 Å². The van der Waals surface area contributed by atoms with Crippen molar-refractivity contribution in [2.24, 2.45) is 0 Å². The predicted octanol–water partition coefficient (Wildman–Crippen LogP) is 2.85. The van der Waals surface area contributed by atoms with E-state index in [1.54, 1.807) is 57.4 Å². The molecule has 184 valence electrons. The number of nitrogens with zero attached hydrogens (tertiary/aromatic N) is 3. The summed E-state index contributed by atoms with van der Waals surface area (Å²) in [5.41, 5.74) is 0.936. The molecule has 0 unspecified atom stereocenters. The molecule has 0 saturated carbocycles. The summed E-state index contributed by atoms with van der Waals surface area (Å²) in [5, 5.41) is 12.6. The first-order valence-corrected chi connectivity index (χ1v) is 11.3. The lowest BCUT2D eigenvalue weighted by Crippen LogP contribution is -2.49. The summed E-state index contributed by atoms with van der Waals surface area (Å²) in [7, 11) is 1.60. The van der Waals surface area contributed by atoms with Gasteiger partial charge in [0.15, 0.2) is 0 Å². The average molecular weight is 487 g/mol. The molecule has 2 amide bonds. The summed E-state index contributed by atoms with van der Waals surface area (Å²) < 4.78 is 11.6. The van der Waals surface area contributed by atoms with E-state index >= 15 is 0 Å². The zero-order valence-corrected chi connectivity index (χ0v) is 20.4. The number of aliphatic hydroxyl groups is 1. The highest BCUT2D eigenvalue weighted by molar-refractivity contribution is 6.03. The van der Waals surface area contributed by atoms with Crippen molar-refractivity contribution in [3.8, 4) is 29.1 Å². The van der Waals surface area contributed by atoms with E-state index in [1.807, 2.05) is 13.0 Å². The number of benzene rings is 1. The van der Waals surface area contributed by atoms with E-state index < -0.39 is 17.6 Å². The molecular formula is C27H26N4O5. The monoisotopic (exact) mass is 486 g/mol. The number of rotatable bonds is 4. The van der Waals surface area contributed by atoms with Gasteiger partial charge in [0.2, 0.25) is 0 Å². The molecule has 0 saturated heterocycles. The lowest BCUT2D eigenvalue weighted by Gasteiger charge is -2.20. The Bertz CT molecular complexity index is 1350. The molecule has 0 spiro atoms. The Morgan fingerprint density at radius 2 is 2.00 bits per heavy atom. The van der Waals surface area contributed by atoms with Gasteiger partial charge in [-0.25, -0.2) is 0 Å². The standard InChI is InChI=1S/C27H26N4O5/c1-17-5-7-20(15-29-17)36-19-10-12-28-21(14-19)25(32)30-22-16-35-24-8-6-18(9-11-27(2,3)34)13-23(24)31(4)26(22)33/h5-8,10,12-15,22,34H,16H2,1-4H3,(H,30,32)/t22-/m0/s1. The minimum Gasteiger partial charge on any atom is -0.489 e. The molecule has 2 aromatic heterocycles. The van der Waals surface area contributed by atoms with Gasteiger partial charge in [0, 0.05) is 30.6 Å². The highest BCUT2D eigenvalue weighted by Gasteiger charge is 2.31. The third-order valence-corrected chi connectivity index (χ3v) is 5.26. The number of likely N-dealkylation sites (N-methyl/N-ethyl adjacent to an activating group) is 1. The normalized spacial score (nSPS) is 15.1. The fourth-order valence-electron chi connectivity index (χ4n) is 3.39. The van der Waals surface area contributed by atoms with E-state index in [4.69, 9.17) is 9.47 Å². The van der Waals surface area contributed by atoms with E-state index in [-0.39, 0.29) is 18.2 Å². The van der Waals surface area contributed by atoms with Gasteiger partial charge in [0.1, 0.15) is 41.2 Å². The van der Waals surface area contributed by atoms with Gasteiger partial charge in [-0.3, -0.25) is 19.6 Å². The van der Waals surface area contributed by atoms with E-state index in [0.717, 1.165) is 5.69 Å². The Morgan fingerprint density at radius 3 is 2.72 bits per heavy atom. The Hall–Kier alpha value is -4.42. The van der Waals surface area contributed by atoms with Crippen LogP contribution in [0.4, 0.5) is 5.69 Å². The van der Waals surface area contributed by atoms with Gasteiger partial charge in [-0.15, -0.1) is 0 Å². The minimum absolute atomic E-state index is 0.0537. The van der Waals surface area contributed by atoms with Crippen LogP contribution in [-0.2, 0) is 4.79 Å². The lowest BCUT2D eigenvalue weighted by molar-refractivity contribution is -0.120. The Kier molecular flexibility index (Phi) is 6.90. The number of pyridine rings is 2. The summed E-state index contributed by atoms with van der Waals surface area (Å²) in [6, 6.07) is 10.9. The number of anilines is 1. The van der Waals surface area contributed by atoms with Crippen LogP contribution < -0.4 is 19.7 Å². The number of ether oxygens (including phenoxy) is 2. The number of hydrogen-bond donors (Lipinski definition) is 2. The number of aryl methyl sites for hydroxylation is 1. The SMILES string of the molecule is Cc1ccc(Oc2ccnc(C(=O)N[C@H]3COc4ccc(C#CC(C)(C)O)cc4N(C)C3=O)c2)cn1. The fourth-order valence-corrected chi connectivity index (χ4v) is 3.39. The fraction of sp³-hybridized carbons (Fsp3) is 0.259. The molecule has 36 heavy (non-hydrogen) atoms. The molecule has 0 bridgehead atoms. The highest BCUT2D eigenvalue weighted by Crippen LogP contribution is 2.31. The maximum atomic E-state index is 13.1. The lowest BCUT2D eigenvalue weighted by atomic mass is 10.1. The zero-order valence-electron chi connectivity index (χ0n) is 20.4. The molecule has 3 heterocycles. The topological polar surface area (TPSA) is 114 Å². The van der Waals surface area contributed by atoms with Crippen molar-refractivity contribution in [3.63, 3.8) is 0 Å². The maximum Gasteiger partial charge on any atom is 0.270 e. The van der Waals surface area contributed by atoms with Gasteiger partial charge in [0.25, 0.3) is 11.8 Å². The number of aromatic nitrogens is 2. The van der Waals surface area contributed by atoms with E-state index in [1.165, 1.54) is 17.2 Å². The van der Waals surface area contributed by atoms with Gasteiger partial charge >= 0.3 is 0 Å². The van der Waals surface area contributed by atoms with Crippen molar-refractivity contribution in [2.45, 2.75) is 32.4 Å². The average Bonchev–Trinajstić information content (AvgIpc) is 2.96. The Balaban J connectivity index is 1.48. The first kappa shape index (κ1) is 24.7. The summed E-state index contributed by atoms with van der Waals surface area (Å²) in [4.78, 5) is 35.8. The number of amides is 2. The second-order valence-electron chi connectivity index (χ2n) is 8.84. The Morgan fingerprint density at radius 1 is 1.19 bits per heavy atom. The molecule has 1 atom stereocenters. The first-order valence-electron chi connectivity index (χ1n) is 11.3. The van der Waals surface area contributed by atoms with Crippen molar-refractivity contribution in [1.29, 1.82) is 0 Å². The number of hydrogen-bond acceptors (Lipinski definition) is 7. The quantitative estimate of drug-likeness (QED) is 0.545. The number of nitrogens with one attached hydrogen (secondary N) is 1. The molecule has 9 nitrogen and oxygen atoms in total. The number of carbonyl (C=O) groups excluding carboxylic acids is 2. The summed E-state index contributed by atoms with van der Waals surface area (Å²) in [6.45, 7) is 5.00. The van der Waals surface area contributed by atoms with Gasteiger partial charge in [-0.05, 0) is 57.2 Å². The van der Waals surface area contributed by atoms with E-state index in [2.05, 4.69) is 27.1 Å². The van der Waals surface area contributed by atoms with Crippen molar-refractivity contribution in [3.05, 3.63) is 71.8 Å². The van der Waals surface area contributed by atoms with Crippen LogP contribution in [-0.4, -0.2) is 52.2 Å². The molecule has 2 N–H and O–H groups in total. The van der Waals surface area contributed by atoms with E-state index in [9.17, 15) is 14.7 Å². The molecule has 0 aliphatic carbocycles. The highest BCUT2D eigenvalue weighted by atomic mass is 16.5. The molecular weight excluding hydrogens is 460 g/mol. The van der Waals surface area contributed by atoms with Crippen LogP contribution in [0.2, 0.25) is 0 Å². The van der Waals surface area contributed by atoms with Crippen molar-refractivity contribution >= 4 is 17.5 Å². The van der Waals surface area contributed by atoms with Crippen molar-refractivity contribution in [1.82, 2.24) is 15.3 Å². The second kappa shape index (κ2) is 10.1. The second-order valence-corrected chi connectivity index (χ2v) is 8.84. The largest absolute Gasteiger partial charge is 0.489 e. The number of carbonyl (C=O) groups is 2. The summed E-state index contributed by atoms with van der Waals surface area (Å²) in [5.74, 6) is 6.16. The molecule has 4 rings (SSSR count). The van der Waals surface area contributed by atoms with Crippen LogP contribution in [0.1, 0.15) is 35.6 Å². The first-order chi connectivity index (χ1) is 17.1. The van der Waals surface area contributed by atoms with Crippen LogP contribution in [0.5, 0.6) is 17.2 Å². The van der Waals surface area contributed by atoms with Crippen LogP contribution in [0.25, 0.3) is 0 Å². The van der Waals surface area contributed by atoms with Crippen molar-refractivity contribution < 1.29 is 24.2 Å². The predicted molar refractivity (Wildman–Crippen MR) is 133 cm³/mol. The molecule has 3 aromatic rings. The van der Waals surface area contributed by atoms with E-state index in [0.29, 0.717) is 28.5 Å². The summed E-state index contributed by atoms with van der Waals surface area (Å²) >= 11 is 0. The Labute approximate surface area is 209 Å². The van der Waals surface area contributed by atoms with Gasteiger partial charge < -0.3 is 24.8 Å². The third kappa shape index (κ3) is 5.98. The third-order valence-electron chi connectivity index (χ3n) is 5.26. The molecule has 0 radical (unpaired) electrons. The zero-order chi connectivity index (χ0) is 25.9. The van der Waals surface area contributed by atoms with Gasteiger partial charge in [-0.2, -0.15) is 0 Å². The van der Waals surface area contributed by atoms with Gasteiger partial charge in [0.05, 0.1) is 11.9 Å². The minimum atomic E-state index is -1.15. The smallest absolute Gasteiger partial charge is 0.270 e. The maximum absolute atomic E-state index is 13.1. The van der Waals surface area contributed by atoms with Crippen LogP contribution in [0.15, 0.2) is 54.9 Å². The molecule has 9 heteroatoms. The molecule has 1 aromatic carbocycles. The molecule has 1 aliphatic heterocycles. The van der Waals surface area contributed by atoms with Crippen LogP contribution >= 0.6 is 0 Å². The van der Waals surface area contributed by atoms with Gasteiger partial charge in [-0.1, -0.05) is 11.8 Å². The van der Waals surface area contributed by atoms with Crippen molar-refractivity contribution in [2.75, 3.05) is 18.6 Å². The summed E-state index contributed by atoms with van der Waals surface area (Å²) in [6.07, 6.45) is 3.04. The number of fused-ring (bicyclic) bond motifs is 1. The molecule has 1 aliphatic rings.